The highest BCUT2D eigenvalue weighted by Crippen LogP contribution is 2.36. The first-order chi connectivity index (χ1) is 7.67. The van der Waals surface area contributed by atoms with Crippen molar-refractivity contribution in [2.75, 3.05) is 27.6 Å². The summed E-state index contributed by atoms with van der Waals surface area (Å²) < 4.78 is 15.7. The van der Waals surface area contributed by atoms with E-state index in [1.54, 1.807) is 33.1 Å². The van der Waals surface area contributed by atoms with Crippen molar-refractivity contribution in [2.45, 2.75) is 11.1 Å². The van der Waals surface area contributed by atoms with Crippen LogP contribution in [0.3, 0.4) is 0 Å². The molecule has 0 saturated carbocycles. The fraction of sp³-hybridized carbons (Fsp3) is 0.455. The summed E-state index contributed by atoms with van der Waals surface area (Å²) in [6, 6.07) is 3.75. The standard InChI is InChI=1S/C11H17NO3S/c1-13-8-6-10(16-4)9(14-2)5-7(8)11(12)15-3/h5-6,11H,12H2,1-4H3. The Morgan fingerprint density at radius 1 is 1.12 bits per heavy atom. The zero-order valence-electron chi connectivity index (χ0n) is 9.94. The van der Waals surface area contributed by atoms with Crippen LogP contribution in [0.4, 0.5) is 0 Å². The number of benzene rings is 1. The molecule has 0 saturated heterocycles. The van der Waals surface area contributed by atoms with Crippen molar-refractivity contribution in [2.24, 2.45) is 5.73 Å². The summed E-state index contributed by atoms with van der Waals surface area (Å²) in [4.78, 5) is 1.01. The van der Waals surface area contributed by atoms with Crippen LogP contribution in [-0.4, -0.2) is 27.6 Å². The second-order valence-corrected chi connectivity index (χ2v) is 3.95. The van der Waals surface area contributed by atoms with E-state index in [-0.39, 0.29) is 0 Å². The first-order valence-electron chi connectivity index (χ1n) is 4.76. The second kappa shape index (κ2) is 5.98. The molecule has 4 nitrogen and oxygen atoms in total. The van der Waals surface area contributed by atoms with Gasteiger partial charge in [0.1, 0.15) is 17.7 Å². The van der Waals surface area contributed by atoms with Crippen molar-refractivity contribution in [1.82, 2.24) is 0 Å². The zero-order valence-corrected chi connectivity index (χ0v) is 10.8. The largest absolute Gasteiger partial charge is 0.496 e. The van der Waals surface area contributed by atoms with Crippen LogP contribution in [-0.2, 0) is 4.74 Å². The third-order valence-corrected chi connectivity index (χ3v) is 3.06. The number of ether oxygens (including phenoxy) is 3. The highest BCUT2D eigenvalue weighted by Gasteiger charge is 2.15. The second-order valence-electron chi connectivity index (χ2n) is 3.11. The van der Waals surface area contributed by atoms with Crippen molar-refractivity contribution in [3.8, 4) is 11.5 Å². The summed E-state index contributed by atoms with van der Waals surface area (Å²) in [6.45, 7) is 0. The molecule has 0 aliphatic rings. The van der Waals surface area contributed by atoms with Crippen LogP contribution < -0.4 is 15.2 Å². The molecule has 0 aliphatic heterocycles. The minimum absolute atomic E-state index is 0.514. The van der Waals surface area contributed by atoms with Gasteiger partial charge in [0, 0.05) is 12.7 Å². The molecule has 1 aromatic rings. The lowest BCUT2D eigenvalue weighted by molar-refractivity contribution is 0.106. The number of hydrogen-bond acceptors (Lipinski definition) is 5. The van der Waals surface area contributed by atoms with Crippen molar-refractivity contribution >= 4 is 11.8 Å². The molecule has 0 spiro atoms. The summed E-state index contributed by atoms with van der Waals surface area (Å²) in [7, 11) is 4.79. The minimum Gasteiger partial charge on any atom is -0.496 e. The highest BCUT2D eigenvalue weighted by atomic mass is 32.2. The van der Waals surface area contributed by atoms with E-state index in [0.717, 1.165) is 16.2 Å². The predicted molar refractivity (Wildman–Crippen MR) is 65.3 cm³/mol. The lowest BCUT2D eigenvalue weighted by Crippen LogP contribution is -2.13. The first kappa shape index (κ1) is 13.2. The van der Waals surface area contributed by atoms with Crippen molar-refractivity contribution in [3.05, 3.63) is 17.7 Å². The Kier molecular flexibility index (Phi) is 4.92. The topological polar surface area (TPSA) is 53.7 Å². The summed E-state index contributed by atoms with van der Waals surface area (Å²) in [6.07, 6.45) is 1.47. The van der Waals surface area contributed by atoms with E-state index in [1.165, 1.54) is 0 Å². The fourth-order valence-corrected chi connectivity index (χ4v) is 1.97. The van der Waals surface area contributed by atoms with Crippen LogP contribution in [0.25, 0.3) is 0 Å². The molecule has 0 fully saturated rings. The van der Waals surface area contributed by atoms with E-state index in [0.29, 0.717) is 5.75 Å². The van der Waals surface area contributed by atoms with Gasteiger partial charge >= 0.3 is 0 Å². The van der Waals surface area contributed by atoms with Crippen LogP contribution in [0.5, 0.6) is 11.5 Å². The molecule has 90 valence electrons. The lowest BCUT2D eigenvalue weighted by Gasteiger charge is -2.17. The van der Waals surface area contributed by atoms with E-state index >= 15 is 0 Å². The molecule has 1 atom stereocenters. The number of rotatable bonds is 5. The Hall–Kier alpha value is -0.910. The molecular weight excluding hydrogens is 226 g/mol. The Labute approximate surface area is 100 Å². The van der Waals surface area contributed by atoms with Crippen molar-refractivity contribution in [3.63, 3.8) is 0 Å². The van der Waals surface area contributed by atoms with E-state index in [9.17, 15) is 0 Å². The lowest BCUT2D eigenvalue weighted by atomic mass is 10.1. The van der Waals surface area contributed by atoms with E-state index in [4.69, 9.17) is 19.9 Å². The number of nitrogens with two attached hydrogens (primary N) is 1. The van der Waals surface area contributed by atoms with Crippen LogP contribution in [0.2, 0.25) is 0 Å². The normalized spacial score (nSPS) is 12.3. The molecule has 0 amide bonds. The van der Waals surface area contributed by atoms with Gasteiger partial charge in [0.05, 0.1) is 19.1 Å². The number of methoxy groups -OCH3 is 3. The summed E-state index contributed by atoms with van der Waals surface area (Å²) in [5, 5.41) is 0. The average molecular weight is 243 g/mol. The quantitative estimate of drug-likeness (QED) is 0.633. The smallest absolute Gasteiger partial charge is 0.135 e. The van der Waals surface area contributed by atoms with E-state index < -0.39 is 6.23 Å². The molecule has 1 rings (SSSR count). The molecule has 16 heavy (non-hydrogen) atoms. The maximum Gasteiger partial charge on any atom is 0.135 e. The summed E-state index contributed by atoms with van der Waals surface area (Å²) >= 11 is 1.59. The molecule has 0 aliphatic carbocycles. The highest BCUT2D eigenvalue weighted by molar-refractivity contribution is 7.98. The molecule has 5 heteroatoms. The Morgan fingerprint density at radius 3 is 2.19 bits per heavy atom. The predicted octanol–water partition coefficient (Wildman–Crippen LogP) is 2.03. The van der Waals surface area contributed by atoms with Crippen molar-refractivity contribution < 1.29 is 14.2 Å². The van der Waals surface area contributed by atoms with Gasteiger partial charge in [-0.05, 0) is 18.4 Å². The summed E-state index contributed by atoms with van der Waals surface area (Å²) in [5.41, 5.74) is 6.60. The van der Waals surface area contributed by atoms with Gasteiger partial charge in [0.2, 0.25) is 0 Å². The van der Waals surface area contributed by atoms with Gasteiger partial charge in [-0.2, -0.15) is 0 Å². The van der Waals surface area contributed by atoms with Gasteiger partial charge < -0.3 is 19.9 Å². The van der Waals surface area contributed by atoms with Gasteiger partial charge in [-0.3, -0.25) is 0 Å². The van der Waals surface area contributed by atoms with Crippen LogP contribution in [0, 0.1) is 0 Å². The van der Waals surface area contributed by atoms with Gasteiger partial charge in [-0.15, -0.1) is 11.8 Å². The molecular formula is C11H17NO3S. The van der Waals surface area contributed by atoms with Gasteiger partial charge in [-0.25, -0.2) is 0 Å². The zero-order chi connectivity index (χ0) is 12.1. The van der Waals surface area contributed by atoms with E-state index in [1.807, 2.05) is 18.4 Å². The molecule has 1 aromatic carbocycles. The monoisotopic (exact) mass is 243 g/mol. The Balaban J connectivity index is 3.25. The van der Waals surface area contributed by atoms with Crippen LogP contribution in [0.15, 0.2) is 17.0 Å². The van der Waals surface area contributed by atoms with E-state index in [2.05, 4.69) is 0 Å². The molecule has 1 unspecified atom stereocenters. The average Bonchev–Trinajstić information content (AvgIpc) is 2.35. The van der Waals surface area contributed by atoms with Crippen LogP contribution >= 0.6 is 11.8 Å². The maximum absolute atomic E-state index is 5.82. The fourth-order valence-electron chi connectivity index (χ4n) is 1.40. The molecule has 0 aromatic heterocycles. The van der Waals surface area contributed by atoms with Gasteiger partial charge in [0.25, 0.3) is 0 Å². The summed E-state index contributed by atoms with van der Waals surface area (Å²) in [5.74, 6) is 1.48. The minimum atomic E-state index is -0.514. The maximum atomic E-state index is 5.82. The SMILES string of the molecule is COc1cc(C(N)OC)c(OC)cc1SC. The molecule has 0 heterocycles. The third kappa shape index (κ3) is 2.61. The Morgan fingerprint density at radius 2 is 1.75 bits per heavy atom. The van der Waals surface area contributed by atoms with Crippen molar-refractivity contribution in [1.29, 1.82) is 0 Å². The molecule has 0 radical (unpaired) electrons. The van der Waals surface area contributed by atoms with Gasteiger partial charge in [0.15, 0.2) is 0 Å². The third-order valence-electron chi connectivity index (χ3n) is 2.30. The number of hydrogen-bond donors (Lipinski definition) is 1. The number of thioether (sulfide) groups is 1. The van der Waals surface area contributed by atoms with Gasteiger partial charge in [-0.1, -0.05) is 0 Å². The Bertz CT molecular complexity index is 357. The van der Waals surface area contributed by atoms with Crippen LogP contribution in [0.1, 0.15) is 11.8 Å². The first-order valence-corrected chi connectivity index (χ1v) is 5.98. The molecule has 2 N–H and O–H groups in total. The molecule has 0 bridgehead atoms.